The summed E-state index contributed by atoms with van der Waals surface area (Å²) in [7, 11) is 0. The van der Waals surface area contributed by atoms with E-state index >= 15 is 0 Å². The van der Waals surface area contributed by atoms with Crippen LogP contribution in [0.5, 0.6) is 0 Å². The Hall–Kier alpha value is 0.0700. The highest BCUT2D eigenvalue weighted by atomic mass is 32.2. The first-order chi connectivity index (χ1) is 4.27. The Bertz CT molecular complexity index is 84.3. The first-order valence-corrected chi connectivity index (χ1v) is 4.15. The minimum atomic E-state index is -1.94. The minimum Gasteiger partial charge on any atom is -0.772 e. The lowest BCUT2D eigenvalue weighted by atomic mass is 10.5. The van der Waals surface area contributed by atoms with Gasteiger partial charge in [-0.15, -0.1) is 0 Å². The summed E-state index contributed by atoms with van der Waals surface area (Å²) in [6.07, 6.45) is 0.936. The number of ether oxygens (including phenoxy) is 1. The highest BCUT2D eigenvalue weighted by Gasteiger charge is 1.84. The molecule has 0 saturated carbocycles. The van der Waals surface area contributed by atoms with E-state index in [0.717, 1.165) is 6.42 Å². The van der Waals surface area contributed by atoms with E-state index in [2.05, 4.69) is 0 Å². The van der Waals surface area contributed by atoms with E-state index in [4.69, 9.17) is 4.74 Å². The Morgan fingerprint density at radius 3 is 2.67 bits per heavy atom. The van der Waals surface area contributed by atoms with Crippen molar-refractivity contribution in [3.05, 3.63) is 0 Å². The molecule has 0 aliphatic rings. The molecule has 1 atom stereocenters. The summed E-state index contributed by atoms with van der Waals surface area (Å²) >= 11 is -1.94. The Kier molecular flexibility index (Phi) is 6.24. The lowest BCUT2D eigenvalue weighted by molar-refractivity contribution is 0.149. The third kappa shape index (κ3) is 8.07. The van der Waals surface area contributed by atoms with Gasteiger partial charge < -0.3 is 9.29 Å². The van der Waals surface area contributed by atoms with Crippen molar-refractivity contribution in [2.24, 2.45) is 0 Å². The number of hydrogen-bond acceptors (Lipinski definition) is 3. The van der Waals surface area contributed by atoms with Crippen LogP contribution in [0.2, 0.25) is 0 Å². The molecule has 0 saturated heterocycles. The van der Waals surface area contributed by atoms with E-state index in [1.54, 1.807) is 0 Å². The van der Waals surface area contributed by atoms with Gasteiger partial charge in [-0.3, -0.25) is 4.21 Å². The summed E-state index contributed by atoms with van der Waals surface area (Å²) in [6.45, 7) is 2.95. The summed E-state index contributed by atoms with van der Waals surface area (Å²) in [4.78, 5) is 0. The van der Waals surface area contributed by atoms with Crippen LogP contribution in [-0.4, -0.2) is 27.7 Å². The lowest BCUT2D eigenvalue weighted by Crippen LogP contribution is -2.05. The molecule has 56 valence electrons. The summed E-state index contributed by atoms with van der Waals surface area (Å²) in [5, 5.41) is 0. The standard InChI is InChI=1S/C5H12O3S/c1-2-3-8-4-5-9(6)7/h2-5H2,1H3,(H,6,7)/p-1. The molecule has 0 aliphatic heterocycles. The summed E-state index contributed by atoms with van der Waals surface area (Å²) in [5.41, 5.74) is 0. The fourth-order valence-corrected chi connectivity index (χ4v) is 0.627. The molecular formula is C5H11O3S-. The monoisotopic (exact) mass is 151 g/mol. The molecule has 0 aromatic carbocycles. The summed E-state index contributed by atoms with van der Waals surface area (Å²) in [6, 6.07) is 0. The van der Waals surface area contributed by atoms with E-state index in [-0.39, 0.29) is 5.75 Å². The fraction of sp³-hybridized carbons (Fsp3) is 1.00. The molecule has 0 spiro atoms. The van der Waals surface area contributed by atoms with Gasteiger partial charge in [-0.05, 0) is 6.42 Å². The molecule has 0 radical (unpaired) electrons. The molecule has 0 fully saturated rings. The molecule has 0 aromatic rings. The van der Waals surface area contributed by atoms with Crippen molar-refractivity contribution < 1.29 is 13.5 Å². The quantitative estimate of drug-likeness (QED) is 0.419. The maximum absolute atomic E-state index is 9.88. The average molecular weight is 151 g/mol. The van der Waals surface area contributed by atoms with Crippen molar-refractivity contribution in [2.45, 2.75) is 13.3 Å². The van der Waals surface area contributed by atoms with E-state index in [1.165, 1.54) is 0 Å². The van der Waals surface area contributed by atoms with E-state index in [1.807, 2.05) is 6.92 Å². The smallest absolute Gasteiger partial charge is 0.0570 e. The predicted octanol–water partition coefficient (Wildman–Crippen LogP) is 0.292. The summed E-state index contributed by atoms with van der Waals surface area (Å²) < 4.78 is 24.7. The predicted molar refractivity (Wildman–Crippen MR) is 34.9 cm³/mol. The average Bonchev–Trinajstić information content (AvgIpc) is 1.80. The first kappa shape index (κ1) is 9.07. The van der Waals surface area contributed by atoms with Gasteiger partial charge in [0.25, 0.3) is 0 Å². The molecule has 0 amide bonds. The van der Waals surface area contributed by atoms with Crippen LogP contribution in [0.1, 0.15) is 13.3 Å². The molecule has 1 unspecified atom stereocenters. The highest BCUT2D eigenvalue weighted by molar-refractivity contribution is 7.79. The van der Waals surface area contributed by atoms with Gasteiger partial charge in [-0.25, -0.2) is 0 Å². The molecule has 0 aromatic heterocycles. The molecule has 0 aliphatic carbocycles. The van der Waals surface area contributed by atoms with Gasteiger partial charge >= 0.3 is 0 Å². The second-order valence-corrected chi connectivity index (χ2v) is 2.64. The van der Waals surface area contributed by atoms with Gasteiger partial charge in [-0.2, -0.15) is 0 Å². The topological polar surface area (TPSA) is 49.4 Å². The second-order valence-electron chi connectivity index (χ2n) is 1.62. The van der Waals surface area contributed by atoms with E-state index < -0.39 is 11.1 Å². The van der Waals surface area contributed by atoms with Gasteiger partial charge in [0.15, 0.2) is 0 Å². The Balaban J connectivity index is 2.83. The molecular weight excluding hydrogens is 140 g/mol. The van der Waals surface area contributed by atoms with Crippen molar-refractivity contribution in [2.75, 3.05) is 19.0 Å². The van der Waals surface area contributed by atoms with Crippen molar-refractivity contribution in [1.82, 2.24) is 0 Å². The maximum Gasteiger partial charge on any atom is 0.0570 e. The molecule has 0 N–H and O–H groups in total. The Labute approximate surface area is 57.7 Å². The van der Waals surface area contributed by atoms with Gasteiger partial charge in [-0.1, -0.05) is 18.0 Å². The van der Waals surface area contributed by atoms with Crippen LogP contribution in [0.3, 0.4) is 0 Å². The largest absolute Gasteiger partial charge is 0.772 e. The molecule has 9 heavy (non-hydrogen) atoms. The Morgan fingerprint density at radius 2 is 2.22 bits per heavy atom. The third-order valence-electron chi connectivity index (χ3n) is 0.743. The van der Waals surface area contributed by atoms with Crippen molar-refractivity contribution in [3.8, 4) is 0 Å². The van der Waals surface area contributed by atoms with Gasteiger partial charge in [0.05, 0.1) is 6.61 Å². The van der Waals surface area contributed by atoms with E-state index in [9.17, 15) is 8.76 Å². The minimum absolute atomic E-state index is 0.111. The molecule has 4 heteroatoms. The third-order valence-corrected chi connectivity index (χ3v) is 1.24. The van der Waals surface area contributed by atoms with Crippen molar-refractivity contribution in [3.63, 3.8) is 0 Å². The van der Waals surface area contributed by atoms with Crippen LogP contribution in [-0.2, 0) is 15.8 Å². The van der Waals surface area contributed by atoms with Crippen LogP contribution in [0.15, 0.2) is 0 Å². The zero-order valence-corrected chi connectivity index (χ0v) is 6.28. The maximum atomic E-state index is 9.88. The van der Waals surface area contributed by atoms with Gasteiger partial charge in [0.2, 0.25) is 0 Å². The van der Waals surface area contributed by atoms with Gasteiger partial charge in [0.1, 0.15) is 0 Å². The summed E-state index contributed by atoms with van der Waals surface area (Å²) in [5.74, 6) is 0.111. The van der Waals surface area contributed by atoms with Crippen LogP contribution < -0.4 is 0 Å². The van der Waals surface area contributed by atoms with E-state index in [0.29, 0.717) is 13.2 Å². The van der Waals surface area contributed by atoms with Crippen molar-refractivity contribution in [1.29, 1.82) is 0 Å². The zero-order valence-electron chi connectivity index (χ0n) is 5.46. The second kappa shape index (κ2) is 6.19. The van der Waals surface area contributed by atoms with Crippen molar-refractivity contribution >= 4 is 11.1 Å². The Morgan fingerprint density at radius 1 is 1.56 bits per heavy atom. The molecule has 3 nitrogen and oxygen atoms in total. The molecule has 0 bridgehead atoms. The fourth-order valence-electron chi connectivity index (χ4n) is 0.373. The number of hydrogen-bond donors (Lipinski definition) is 0. The number of rotatable bonds is 5. The molecule has 0 heterocycles. The van der Waals surface area contributed by atoms with Crippen LogP contribution in [0.25, 0.3) is 0 Å². The molecule has 0 rings (SSSR count). The zero-order chi connectivity index (χ0) is 7.11. The van der Waals surface area contributed by atoms with Gasteiger partial charge in [0, 0.05) is 12.4 Å². The normalized spacial score (nSPS) is 13.6. The van der Waals surface area contributed by atoms with Crippen LogP contribution in [0, 0.1) is 0 Å². The SMILES string of the molecule is CCCOCCS(=O)[O-]. The highest BCUT2D eigenvalue weighted by Crippen LogP contribution is 1.80. The lowest BCUT2D eigenvalue weighted by Gasteiger charge is -2.03. The van der Waals surface area contributed by atoms with Crippen LogP contribution >= 0.6 is 0 Å². The first-order valence-electron chi connectivity index (χ1n) is 2.91. The van der Waals surface area contributed by atoms with Crippen LogP contribution in [0.4, 0.5) is 0 Å².